The molecule has 1 rings (SSSR count). The number of rotatable bonds is 5. The summed E-state index contributed by atoms with van der Waals surface area (Å²) in [6.45, 7) is 2.20. The highest BCUT2D eigenvalue weighted by Gasteiger charge is 1.88. The zero-order valence-corrected chi connectivity index (χ0v) is 8.24. The van der Waals surface area contributed by atoms with Gasteiger partial charge in [-0.1, -0.05) is 31.6 Å². The number of hydrogen-bond acceptors (Lipinski definition) is 1. The van der Waals surface area contributed by atoms with Crippen LogP contribution in [0.25, 0.3) is 0 Å². The Morgan fingerprint density at radius 3 is 2.77 bits per heavy atom. The van der Waals surface area contributed by atoms with Crippen molar-refractivity contribution < 1.29 is 0 Å². The first-order valence-corrected chi connectivity index (χ1v) is 4.98. The van der Waals surface area contributed by atoms with Gasteiger partial charge in [-0.2, -0.15) is 0 Å². The molecule has 0 atom stereocenters. The van der Waals surface area contributed by atoms with Crippen LogP contribution in [0.4, 0.5) is 0 Å². The van der Waals surface area contributed by atoms with Crippen LogP contribution in [0.1, 0.15) is 31.9 Å². The smallest absolute Gasteiger partial charge is 0.0406 e. The van der Waals surface area contributed by atoms with Crippen LogP contribution >= 0.6 is 0 Å². The van der Waals surface area contributed by atoms with Gasteiger partial charge >= 0.3 is 0 Å². The maximum Gasteiger partial charge on any atom is 0.0406 e. The van der Waals surface area contributed by atoms with E-state index < -0.39 is 0 Å². The Hall–Kier alpha value is -1.11. The first-order valence-electron chi connectivity index (χ1n) is 4.98. The van der Waals surface area contributed by atoms with E-state index in [9.17, 15) is 0 Å². The molecule has 0 fully saturated rings. The molecule has 0 saturated heterocycles. The lowest BCUT2D eigenvalue weighted by Gasteiger charge is -1.94. The Morgan fingerprint density at radius 2 is 2.08 bits per heavy atom. The zero-order valence-electron chi connectivity index (χ0n) is 8.24. The molecule has 1 heterocycles. The Balaban J connectivity index is 2.20. The van der Waals surface area contributed by atoms with Gasteiger partial charge in [-0.25, -0.2) is 0 Å². The van der Waals surface area contributed by atoms with Crippen molar-refractivity contribution in [2.45, 2.75) is 32.6 Å². The van der Waals surface area contributed by atoms with Gasteiger partial charge in [0, 0.05) is 11.9 Å². The average molecular weight is 175 g/mol. The van der Waals surface area contributed by atoms with Gasteiger partial charge in [0.25, 0.3) is 0 Å². The van der Waals surface area contributed by atoms with Crippen molar-refractivity contribution in [2.75, 3.05) is 0 Å². The maximum absolute atomic E-state index is 4.26. The topological polar surface area (TPSA) is 12.9 Å². The molecule has 70 valence electrons. The SMILES string of the molecule is CCC/C=C/CCc1ccccn1. The van der Waals surface area contributed by atoms with Crippen LogP contribution in [-0.2, 0) is 6.42 Å². The van der Waals surface area contributed by atoms with Crippen molar-refractivity contribution in [3.8, 4) is 0 Å². The molecule has 0 aliphatic rings. The molecule has 1 aromatic rings. The van der Waals surface area contributed by atoms with Gasteiger partial charge in [0.05, 0.1) is 0 Å². The maximum atomic E-state index is 4.26. The number of allylic oxidation sites excluding steroid dienone is 2. The van der Waals surface area contributed by atoms with Gasteiger partial charge in [0.15, 0.2) is 0 Å². The second kappa shape index (κ2) is 6.41. The highest BCUT2D eigenvalue weighted by molar-refractivity contribution is 5.04. The summed E-state index contributed by atoms with van der Waals surface area (Å²) in [5, 5.41) is 0. The molecule has 0 aliphatic carbocycles. The van der Waals surface area contributed by atoms with Gasteiger partial charge < -0.3 is 0 Å². The summed E-state index contributed by atoms with van der Waals surface area (Å²) in [6, 6.07) is 6.07. The van der Waals surface area contributed by atoms with Gasteiger partial charge in [-0.3, -0.25) is 4.98 Å². The van der Waals surface area contributed by atoms with Crippen molar-refractivity contribution in [2.24, 2.45) is 0 Å². The van der Waals surface area contributed by atoms with E-state index in [1.807, 2.05) is 18.3 Å². The molecule has 0 amide bonds. The Bertz CT molecular complexity index is 239. The second-order valence-corrected chi connectivity index (χ2v) is 3.12. The monoisotopic (exact) mass is 175 g/mol. The van der Waals surface area contributed by atoms with Crippen molar-refractivity contribution >= 4 is 0 Å². The number of aryl methyl sites for hydroxylation is 1. The van der Waals surface area contributed by atoms with Gasteiger partial charge in [0.1, 0.15) is 0 Å². The normalized spacial score (nSPS) is 10.8. The fourth-order valence-corrected chi connectivity index (χ4v) is 1.18. The van der Waals surface area contributed by atoms with Gasteiger partial charge in [-0.05, 0) is 31.4 Å². The van der Waals surface area contributed by atoms with E-state index in [4.69, 9.17) is 0 Å². The van der Waals surface area contributed by atoms with Crippen LogP contribution in [0.3, 0.4) is 0 Å². The molecular formula is C12H17N. The van der Waals surface area contributed by atoms with Crippen LogP contribution in [0.5, 0.6) is 0 Å². The number of pyridine rings is 1. The fourth-order valence-electron chi connectivity index (χ4n) is 1.18. The molecular weight excluding hydrogens is 158 g/mol. The molecule has 0 unspecified atom stereocenters. The summed E-state index contributed by atoms with van der Waals surface area (Å²) in [4.78, 5) is 4.26. The Morgan fingerprint density at radius 1 is 1.23 bits per heavy atom. The molecule has 0 saturated carbocycles. The van der Waals surface area contributed by atoms with Crippen molar-refractivity contribution in [1.82, 2.24) is 4.98 Å². The predicted octanol–water partition coefficient (Wildman–Crippen LogP) is 3.37. The van der Waals surface area contributed by atoms with E-state index in [0.29, 0.717) is 0 Å². The Labute approximate surface area is 80.5 Å². The lowest BCUT2D eigenvalue weighted by Crippen LogP contribution is -1.86. The third-order valence-corrected chi connectivity index (χ3v) is 1.92. The summed E-state index contributed by atoms with van der Waals surface area (Å²) in [7, 11) is 0. The molecule has 1 heteroatoms. The van der Waals surface area contributed by atoms with Crippen LogP contribution in [0, 0.1) is 0 Å². The quantitative estimate of drug-likeness (QED) is 0.625. The summed E-state index contributed by atoms with van der Waals surface area (Å²) in [5.74, 6) is 0. The summed E-state index contributed by atoms with van der Waals surface area (Å²) >= 11 is 0. The number of unbranched alkanes of at least 4 members (excludes halogenated alkanes) is 1. The minimum Gasteiger partial charge on any atom is -0.261 e. The molecule has 0 aliphatic heterocycles. The lowest BCUT2D eigenvalue weighted by molar-refractivity contribution is 0.917. The molecule has 0 N–H and O–H groups in total. The standard InChI is InChI=1S/C12H17N/c1-2-3-4-5-6-9-12-10-7-8-11-13-12/h4-5,7-8,10-11H,2-3,6,9H2,1H3/b5-4+. The minimum absolute atomic E-state index is 1.06. The van der Waals surface area contributed by atoms with Crippen molar-refractivity contribution in [3.63, 3.8) is 0 Å². The summed E-state index contributed by atoms with van der Waals surface area (Å²) in [6.07, 6.45) is 11.0. The molecule has 1 aromatic heterocycles. The molecule has 13 heavy (non-hydrogen) atoms. The molecule has 0 spiro atoms. The average Bonchev–Trinajstić information content (AvgIpc) is 2.19. The fraction of sp³-hybridized carbons (Fsp3) is 0.417. The highest BCUT2D eigenvalue weighted by Crippen LogP contribution is 1.99. The molecule has 0 radical (unpaired) electrons. The van der Waals surface area contributed by atoms with Crippen molar-refractivity contribution in [1.29, 1.82) is 0 Å². The first kappa shape index (κ1) is 9.97. The molecule has 1 nitrogen and oxygen atoms in total. The second-order valence-electron chi connectivity index (χ2n) is 3.12. The third kappa shape index (κ3) is 4.46. The number of nitrogens with zero attached hydrogens (tertiary/aromatic N) is 1. The van der Waals surface area contributed by atoms with E-state index in [1.165, 1.54) is 18.5 Å². The van der Waals surface area contributed by atoms with Crippen LogP contribution in [0.15, 0.2) is 36.5 Å². The first-order chi connectivity index (χ1) is 6.43. The van der Waals surface area contributed by atoms with E-state index >= 15 is 0 Å². The number of hydrogen-bond donors (Lipinski definition) is 0. The minimum atomic E-state index is 1.06. The summed E-state index contributed by atoms with van der Waals surface area (Å²) in [5.41, 5.74) is 1.18. The zero-order chi connectivity index (χ0) is 9.36. The Kier molecular flexibility index (Phi) is 4.92. The molecule has 0 aromatic carbocycles. The van der Waals surface area contributed by atoms with E-state index in [0.717, 1.165) is 12.8 Å². The molecule has 0 bridgehead atoms. The van der Waals surface area contributed by atoms with E-state index in [1.54, 1.807) is 0 Å². The lowest BCUT2D eigenvalue weighted by atomic mass is 10.2. The number of aromatic nitrogens is 1. The van der Waals surface area contributed by atoms with Crippen LogP contribution in [0.2, 0.25) is 0 Å². The highest BCUT2D eigenvalue weighted by atomic mass is 14.7. The summed E-state index contributed by atoms with van der Waals surface area (Å²) < 4.78 is 0. The largest absolute Gasteiger partial charge is 0.261 e. The third-order valence-electron chi connectivity index (χ3n) is 1.92. The van der Waals surface area contributed by atoms with Gasteiger partial charge in [0.2, 0.25) is 0 Å². The van der Waals surface area contributed by atoms with E-state index in [-0.39, 0.29) is 0 Å². The van der Waals surface area contributed by atoms with Crippen LogP contribution < -0.4 is 0 Å². The van der Waals surface area contributed by atoms with E-state index in [2.05, 4.69) is 30.1 Å². The predicted molar refractivity (Wildman–Crippen MR) is 56.6 cm³/mol. The van der Waals surface area contributed by atoms with Crippen molar-refractivity contribution in [3.05, 3.63) is 42.2 Å². The van der Waals surface area contributed by atoms with Crippen LogP contribution in [-0.4, -0.2) is 4.98 Å². The van der Waals surface area contributed by atoms with Gasteiger partial charge in [-0.15, -0.1) is 0 Å².